The highest BCUT2D eigenvalue weighted by molar-refractivity contribution is 6.46. The van der Waals surface area contributed by atoms with Crippen LogP contribution in [0.4, 0.5) is 0 Å². The first-order chi connectivity index (χ1) is 16.1. The van der Waals surface area contributed by atoms with Crippen LogP contribution in [0.5, 0.6) is 11.5 Å². The van der Waals surface area contributed by atoms with Gasteiger partial charge in [0.25, 0.3) is 11.7 Å². The van der Waals surface area contributed by atoms with Gasteiger partial charge in [-0.05, 0) is 59.2 Å². The number of ketones is 1. The van der Waals surface area contributed by atoms with Gasteiger partial charge in [-0.3, -0.25) is 14.6 Å². The number of Topliss-reactive ketones (excluding diaryl/α,β-unsaturated/α-hetero) is 1. The van der Waals surface area contributed by atoms with Crippen LogP contribution in [0.25, 0.3) is 5.76 Å². The molecule has 0 saturated carbocycles. The minimum absolute atomic E-state index is 0.0677. The number of ether oxygens (including phenoxy) is 2. The van der Waals surface area contributed by atoms with Crippen molar-refractivity contribution in [2.24, 2.45) is 0 Å². The number of amides is 1. The number of hydrogen-bond acceptors (Lipinski definition) is 6. The molecule has 1 saturated heterocycles. The minimum atomic E-state index is -0.742. The molecule has 7 heteroatoms. The summed E-state index contributed by atoms with van der Waals surface area (Å²) in [6.07, 6.45) is 4.01. The fourth-order valence-corrected chi connectivity index (χ4v) is 4.35. The molecule has 33 heavy (non-hydrogen) atoms. The first-order valence-electron chi connectivity index (χ1n) is 10.6. The van der Waals surface area contributed by atoms with Crippen LogP contribution in [0.3, 0.4) is 0 Å². The summed E-state index contributed by atoms with van der Waals surface area (Å²) in [7, 11) is 1.57. The van der Waals surface area contributed by atoms with E-state index in [2.05, 4.69) is 4.98 Å². The molecule has 166 valence electrons. The van der Waals surface area contributed by atoms with Crippen LogP contribution in [0, 0.1) is 0 Å². The Hall–Kier alpha value is -4.13. The maximum atomic E-state index is 13.2. The Bertz CT molecular complexity index is 1250. The predicted molar refractivity (Wildman–Crippen MR) is 121 cm³/mol. The van der Waals surface area contributed by atoms with Gasteiger partial charge in [0.2, 0.25) is 0 Å². The lowest BCUT2D eigenvalue weighted by atomic mass is 9.94. The normalized spacial score (nSPS) is 18.8. The molecule has 1 unspecified atom stereocenters. The van der Waals surface area contributed by atoms with Crippen LogP contribution in [-0.2, 0) is 22.6 Å². The van der Waals surface area contributed by atoms with Crippen LogP contribution in [0.2, 0.25) is 0 Å². The molecular formula is C26H22N2O5. The number of methoxy groups -OCH3 is 1. The minimum Gasteiger partial charge on any atom is -0.507 e. The van der Waals surface area contributed by atoms with E-state index in [9.17, 15) is 14.7 Å². The zero-order valence-electron chi connectivity index (χ0n) is 18.0. The molecule has 1 N–H and O–H groups in total. The molecule has 1 atom stereocenters. The van der Waals surface area contributed by atoms with E-state index in [1.807, 2.05) is 6.07 Å². The van der Waals surface area contributed by atoms with Crippen molar-refractivity contribution in [2.75, 3.05) is 13.7 Å². The molecule has 5 rings (SSSR count). The fourth-order valence-electron chi connectivity index (χ4n) is 4.35. The number of likely N-dealkylation sites (tertiary alicyclic amines) is 1. The molecule has 0 radical (unpaired) electrons. The van der Waals surface area contributed by atoms with Gasteiger partial charge in [0.15, 0.2) is 0 Å². The summed E-state index contributed by atoms with van der Waals surface area (Å²) in [5.74, 6) is -0.126. The molecule has 1 amide bonds. The summed E-state index contributed by atoms with van der Waals surface area (Å²) in [4.78, 5) is 31.8. The van der Waals surface area contributed by atoms with Gasteiger partial charge in [-0.2, -0.15) is 0 Å². The van der Waals surface area contributed by atoms with Gasteiger partial charge in [0.1, 0.15) is 17.3 Å². The molecule has 2 aliphatic rings. The molecule has 0 aliphatic carbocycles. The number of hydrogen-bond donors (Lipinski definition) is 1. The van der Waals surface area contributed by atoms with Crippen molar-refractivity contribution < 1.29 is 24.2 Å². The molecule has 2 aromatic carbocycles. The Kier molecular flexibility index (Phi) is 5.30. The van der Waals surface area contributed by atoms with Crippen molar-refractivity contribution >= 4 is 17.4 Å². The summed E-state index contributed by atoms with van der Waals surface area (Å²) in [6, 6.07) is 15.3. The van der Waals surface area contributed by atoms with Crippen molar-refractivity contribution in [1.29, 1.82) is 0 Å². The van der Waals surface area contributed by atoms with Gasteiger partial charge in [-0.25, -0.2) is 0 Å². The van der Waals surface area contributed by atoms with Crippen LogP contribution in [0.1, 0.15) is 28.3 Å². The summed E-state index contributed by atoms with van der Waals surface area (Å²) in [5, 5.41) is 11.3. The van der Waals surface area contributed by atoms with E-state index in [0.29, 0.717) is 23.5 Å². The highest BCUT2D eigenvalue weighted by Gasteiger charge is 2.46. The number of aliphatic hydroxyl groups is 1. The van der Waals surface area contributed by atoms with Gasteiger partial charge >= 0.3 is 0 Å². The number of benzene rings is 2. The zero-order chi connectivity index (χ0) is 22.9. The summed E-state index contributed by atoms with van der Waals surface area (Å²) in [5.41, 5.74) is 3.05. The number of fused-ring (bicyclic) bond motifs is 1. The van der Waals surface area contributed by atoms with Crippen LogP contribution in [0.15, 0.2) is 72.6 Å². The smallest absolute Gasteiger partial charge is 0.295 e. The Morgan fingerprint density at radius 3 is 2.61 bits per heavy atom. The van der Waals surface area contributed by atoms with E-state index < -0.39 is 17.7 Å². The lowest BCUT2D eigenvalue weighted by molar-refractivity contribution is -0.140. The Balaban J connectivity index is 1.63. The summed E-state index contributed by atoms with van der Waals surface area (Å²) >= 11 is 0. The van der Waals surface area contributed by atoms with Gasteiger partial charge in [-0.1, -0.05) is 12.1 Å². The molecule has 3 aromatic rings. The monoisotopic (exact) mass is 442 g/mol. The van der Waals surface area contributed by atoms with Gasteiger partial charge in [-0.15, -0.1) is 0 Å². The second kappa shape index (κ2) is 8.43. The number of carbonyl (C=O) groups excluding carboxylic acids is 2. The third kappa shape index (κ3) is 3.71. The number of aromatic nitrogens is 1. The quantitative estimate of drug-likeness (QED) is 0.369. The molecule has 0 bridgehead atoms. The van der Waals surface area contributed by atoms with Gasteiger partial charge in [0, 0.05) is 30.9 Å². The van der Waals surface area contributed by atoms with Gasteiger partial charge < -0.3 is 19.5 Å². The number of nitrogens with zero attached hydrogens (tertiary/aromatic N) is 2. The largest absolute Gasteiger partial charge is 0.507 e. The van der Waals surface area contributed by atoms with E-state index in [4.69, 9.17) is 9.47 Å². The molecule has 2 aliphatic heterocycles. The Morgan fingerprint density at radius 1 is 1.12 bits per heavy atom. The van der Waals surface area contributed by atoms with Gasteiger partial charge in [0.05, 0.1) is 25.3 Å². The van der Waals surface area contributed by atoms with Crippen LogP contribution in [-0.4, -0.2) is 40.4 Å². The number of aliphatic hydroxyl groups excluding tert-OH is 1. The summed E-state index contributed by atoms with van der Waals surface area (Å²) < 4.78 is 10.8. The van der Waals surface area contributed by atoms with E-state index in [0.717, 1.165) is 23.3 Å². The summed E-state index contributed by atoms with van der Waals surface area (Å²) in [6.45, 7) is 0.792. The fraction of sp³-hybridized carbons (Fsp3) is 0.192. The second-order valence-electron chi connectivity index (χ2n) is 7.98. The Labute approximate surface area is 190 Å². The van der Waals surface area contributed by atoms with Crippen LogP contribution >= 0.6 is 0 Å². The predicted octanol–water partition coefficient (Wildman–Crippen LogP) is 3.65. The highest BCUT2D eigenvalue weighted by atomic mass is 16.5. The third-order valence-corrected chi connectivity index (χ3v) is 6.04. The standard InChI is InChI=1S/C26H22N2O5/c1-32-20-5-2-17(3-6-20)23-22(24(29)19-4-7-21-18(14-19)10-13-33-21)25(30)26(31)28(23)15-16-8-11-27-12-9-16/h2-9,11-12,14,23,29H,10,13,15H2,1H3/b24-22-. The van der Waals surface area contributed by atoms with E-state index in [-0.39, 0.29) is 17.9 Å². The maximum Gasteiger partial charge on any atom is 0.295 e. The first-order valence-corrected chi connectivity index (χ1v) is 10.6. The highest BCUT2D eigenvalue weighted by Crippen LogP contribution is 2.41. The lowest BCUT2D eigenvalue weighted by Crippen LogP contribution is -2.29. The zero-order valence-corrected chi connectivity index (χ0v) is 18.0. The number of carbonyl (C=O) groups is 2. The van der Waals surface area contributed by atoms with Crippen LogP contribution < -0.4 is 9.47 Å². The topological polar surface area (TPSA) is 89.0 Å². The van der Waals surface area contributed by atoms with Crippen molar-refractivity contribution in [3.05, 3.63) is 94.8 Å². The van der Waals surface area contributed by atoms with E-state index in [1.54, 1.807) is 68.0 Å². The molecule has 3 heterocycles. The molecule has 1 fully saturated rings. The molecule has 0 spiro atoms. The number of rotatable bonds is 5. The average Bonchev–Trinajstić information content (AvgIpc) is 3.42. The van der Waals surface area contributed by atoms with E-state index in [1.165, 1.54) is 4.90 Å². The SMILES string of the molecule is COc1ccc(C2/C(=C(/O)c3ccc4c(c3)CCO4)C(=O)C(=O)N2Cc2ccncc2)cc1. The average molecular weight is 442 g/mol. The van der Waals surface area contributed by atoms with Crippen molar-refractivity contribution in [3.8, 4) is 11.5 Å². The molecule has 7 nitrogen and oxygen atoms in total. The van der Waals surface area contributed by atoms with E-state index >= 15 is 0 Å². The third-order valence-electron chi connectivity index (χ3n) is 6.04. The van der Waals surface area contributed by atoms with Crippen molar-refractivity contribution in [1.82, 2.24) is 9.88 Å². The van der Waals surface area contributed by atoms with Crippen molar-refractivity contribution in [2.45, 2.75) is 19.0 Å². The first kappa shape index (κ1) is 20.8. The lowest BCUT2D eigenvalue weighted by Gasteiger charge is -2.25. The maximum absolute atomic E-state index is 13.2. The molecule has 1 aromatic heterocycles. The second-order valence-corrected chi connectivity index (χ2v) is 7.98. The molecular weight excluding hydrogens is 420 g/mol. The Morgan fingerprint density at radius 2 is 1.88 bits per heavy atom. The van der Waals surface area contributed by atoms with Crippen molar-refractivity contribution in [3.63, 3.8) is 0 Å². The number of pyridine rings is 1.